The standard InChI is InChI=1S/C23H18ClFN8O4/c1-12-3-4-16(9-13(12)2)28-23-30-21(24)29-22(31-23)27-15-7-5-14(6-8-15)26-18-10-17(25)19(32(34)35)11-20(18)33(36)37/h3-11,26H,1-2H3,(H2,27,28,29,30,31). The Kier molecular flexibility index (Phi) is 7.06. The molecule has 1 heterocycles. The van der Waals surface area contributed by atoms with E-state index < -0.39 is 27.0 Å². The Bertz CT molecular complexity index is 1520. The first-order chi connectivity index (χ1) is 17.6. The lowest BCUT2D eigenvalue weighted by molar-refractivity contribution is -0.395. The number of aryl methyl sites for hydroxylation is 2. The number of hydrogen-bond acceptors (Lipinski definition) is 10. The Morgan fingerprint density at radius 3 is 1.84 bits per heavy atom. The minimum absolute atomic E-state index is 0.0328. The van der Waals surface area contributed by atoms with Crippen molar-refractivity contribution < 1.29 is 14.2 Å². The summed E-state index contributed by atoms with van der Waals surface area (Å²) in [5, 5.41) is 31.0. The fourth-order valence-electron chi connectivity index (χ4n) is 3.27. The molecule has 0 amide bonds. The van der Waals surface area contributed by atoms with Crippen LogP contribution in [0.5, 0.6) is 0 Å². The molecule has 0 aliphatic rings. The molecule has 4 aromatic rings. The van der Waals surface area contributed by atoms with Crippen LogP contribution in [0.2, 0.25) is 5.28 Å². The fraction of sp³-hybridized carbons (Fsp3) is 0.0870. The summed E-state index contributed by atoms with van der Waals surface area (Å²) in [6.45, 7) is 4.00. The van der Waals surface area contributed by atoms with E-state index in [1.54, 1.807) is 24.3 Å². The molecule has 0 unspecified atom stereocenters. The van der Waals surface area contributed by atoms with Crippen molar-refractivity contribution in [2.24, 2.45) is 0 Å². The summed E-state index contributed by atoms with van der Waals surface area (Å²) in [6, 6.07) is 13.4. The summed E-state index contributed by atoms with van der Waals surface area (Å²) >= 11 is 6.06. The van der Waals surface area contributed by atoms with Crippen molar-refractivity contribution in [2.45, 2.75) is 13.8 Å². The molecule has 14 heteroatoms. The largest absolute Gasteiger partial charge is 0.350 e. The van der Waals surface area contributed by atoms with Crippen LogP contribution in [-0.2, 0) is 0 Å². The maximum Gasteiger partial charge on any atom is 0.311 e. The van der Waals surface area contributed by atoms with E-state index in [1.165, 1.54) is 0 Å². The van der Waals surface area contributed by atoms with Gasteiger partial charge in [-0.1, -0.05) is 6.07 Å². The van der Waals surface area contributed by atoms with Crippen molar-refractivity contribution in [1.82, 2.24) is 15.0 Å². The Labute approximate surface area is 213 Å². The molecule has 0 aliphatic heterocycles. The maximum atomic E-state index is 14.0. The molecule has 0 bridgehead atoms. The molecule has 12 nitrogen and oxygen atoms in total. The van der Waals surface area contributed by atoms with E-state index in [0.717, 1.165) is 16.8 Å². The normalized spacial score (nSPS) is 10.6. The van der Waals surface area contributed by atoms with E-state index in [4.69, 9.17) is 11.6 Å². The summed E-state index contributed by atoms with van der Waals surface area (Å²) in [5.41, 5.74) is 2.08. The molecule has 0 fully saturated rings. The molecular formula is C23H18ClFN8O4. The lowest BCUT2D eigenvalue weighted by atomic mass is 10.1. The third-order valence-electron chi connectivity index (χ3n) is 5.25. The first kappa shape index (κ1) is 25.2. The van der Waals surface area contributed by atoms with Crippen molar-refractivity contribution >= 4 is 57.6 Å². The zero-order valence-electron chi connectivity index (χ0n) is 19.3. The Morgan fingerprint density at radius 2 is 1.27 bits per heavy atom. The molecule has 0 radical (unpaired) electrons. The van der Waals surface area contributed by atoms with Gasteiger partial charge in [-0.05, 0) is 73.0 Å². The van der Waals surface area contributed by atoms with Gasteiger partial charge >= 0.3 is 5.69 Å². The minimum Gasteiger partial charge on any atom is -0.350 e. The van der Waals surface area contributed by atoms with E-state index in [0.29, 0.717) is 23.5 Å². The first-order valence-corrected chi connectivity index (χ1v) is 11.0. The Hall–Kier alpha value is -4.91. The van der Waals surface area contributed by atoms with Crippen LogP contribution in [-0.4, -0.2) is 24.8 Å². The summed E-state index contributed by atoms with van der Waals surface area (Å²) in [4.78, 5) is 32.8. The molecule has 1 aromatic heterocycles. The Balaban J connectivity index is 1.51. The van der Waals surface area contributed by atoms with Crippen LogP contribution in [0.3, 0.4) is 0 Å². The number of nitrogens with one attached hydrogen (secondary N) is 3. The van der Waals surface area contributed by atoms with E-state index in [9.17, 15) is 24.6 Å². The predicted octanol–water partition coefficient (Wildman–Crippen LogP) is 6.33. The number of aromatic nitrogens is 3. The highest BCUT2D eigenvalue weighted by Crippen LogP contribution is 2.34. The molecule has 3 aromatic carbocycles. The molecule has 0 saturated carbocycles. The second kappa shape index (κ2) is 10.4. The van der Waals surface area contributed by atoms with Gasteiger partial charge in [0, 0.05) is 23.1 Å². The van der Waals surface area contributed by atoms with E-state index in [-0.39, 0.29) is 22.9 Å². The van der Waals surface area contributed by atoms with Gasteiger partial charge in [-0.3, -0.25) is 20.2 Å². The van der Waals surface area contributed by atoms with Crippen molar-refractivity contribution in [3.05, 3.63) is 97.1 Å². The van der Waals surface area contributed by atoms with Crippen LogP contribution in [0.1, 0.15) is 11.1 Å². The zero-order valence-corrected chi connectivity index (χ0v) is 20.1. The highest BCUT2D eigenvalue weighted by Gasteiger charge is 2.25. The second-order valence-electron chi connectivity index (χ2n) is 7.84. The number of nitro groups is 2. The van der Waals surface area contributed by atoms with Gasteiger partial charge in [-0.25, -0.2) is 0 Å². The van der Waals surface area contributed by atoms with Crippen LogP contribution in [0.4, 0.5) is 50.4 Å². The van der Waals surface area contributed by atoms with Crippen LogP contribution >= 0.6 is 11.6 Å². The Morgan fingerprint density at radius 1 is 0.730 bits per heavy atom. The average Bonchev–Trinajstić information content (AvgIpc) is 2.82. The molecule has 0 saturated heterocycles. The van der Waals surface area contributed by atoms with Crippen molar-refractivity contribution in [3.8, 4) is 0 Å². The maximum absolute atomic E-state index is 14.0. The molecule has 4 rings (SSSR count). The molecule has 188 valence electrons. The highest BCUT2D eigenvalue weighted by molar-refractivity contribution is 6.28. The van der Waals surface area contributed by atoms with Crippen LogP contribution in [0.15, 0.2) is 54.6 Å². The molecule has 0 aliphatic carbocycles. The number of benzene rings is 3. The molecule has 3 N–H and O–H groups in total. The van der Waals surface area contributed by atoms with Gasteiger partial charge in [0.25, 0.3) is 5.69 Å². The van der Waals surface area contributed by atoms with Gasteiger partial charge in [0.05, 0.1) is 15.9 Å². The number of anilines is 6. The molecule has 0 atom stereocenters. The number of rotatable bonds is 8. The highest BCUT2D eigenvalue weighted by atomic mass is 35.5. The smallest absolute Gasteiger partial charge is 0.311 e. The van der Waals surface area contributed by atoms with E-state index in [1.807, 2.05) is 32.0 Å². The third-order valence-corrected chi connectivity index (χ3v) is 5.42. The quantitative estimate of drug-likeness (QED) is 0.175. The monoisotopic (exact) mass is 524 g/mol. The van der Waals surface area contributed by atoms with Gasteiger partial charge < -0.3 is 16.0 Å². The van der Waals surface area contributed by atoms with Crippen LogP contribution in [0.25, 0.3) is 0 Å². The number of halogens is 2. The number of nitro benzene ring substituents is 2. The fourth-order valence-corrected chi connectivity index (χ4v) is 3.43. The van der Waals surface area contributed by atoms with Gasteiger partial charge in [-0.2, -0.15) is 19.3 Å². The minimum atomic E-state index is -1.20. The van der Waals surface area contributed by atoms with Gasteiger partial charge in [0.1, 0.15) is 5.69 Å². The van der Waals surface area contributed by atoms with Gasteiger partial charge in [-0.15, -0.1) is 0 Å². The summed E-state index contributed by atoms with van der Waals surface area (Å²) in [5.74, 6) is -0.801. The lowest BCUT2D eigenvalue weighted by Crippen LogP contribution is -2.04. The van der Waals surface area contributed by atoms with Crippen LogP contribution in [0, 0.1) is 39.9 Å². The van der Waals surface area contributed by atoms with Crippen molar-refractivity contribution in [3.63, 3.8) is 0 Å². The van der Waals surface area contributed by atoms with Crippen LogP contribution < -0.4 is 16.0 Å². The number of nitrogens with zero attached hydrogens (tertiary/aromatic N) is 5. The van der Waals surface area contributed by atoms with Gasteiger partial charge in [0.2, 0.25) is 23.0 Å². The zero-order chi connectivity index (χ0) is 26.7. The van der Waals surface area contributed by atoms with E-state index in [2.05, 4.69) is 30.9 Å². The average molecular weight is 525 g/mol. The summed E-state index contributed by atoms with van der Waals surface area (Å²) in [7, 11) is 0. The number of hydrogen-bond donors (Lipinski definition) is 3. The van der Waals surface area contributed by atoms with Crippen molar-refractivity contribution in [1.29, 1.82) is 0 Å². The summed E-state index contributed by atoms with van der Waals surface area (Å²) < 4.78 is 14.0. The first-order valence-electron chi connectivity index (χ1n) is 10.6. The lowest BCUT2D eigenvalue weighted by Gasteiger charge is -2.11. The SMILES string of the molecule is Cc1ccc(Nc2nc(Cl)nc(Nc3ccc(Nc4cc(F)c([N+](=O)[O-])cc4[N+](=O)[O-])cc3)n2)cc1C. The summed E-state index contributed by atoms with van der Waals surface area (Å²) in [6.07, 6.45) is 0. The van der Waals surface area contributed by atoms with E-state index >= 15 is 0 Å². The van der Waals surface area contributed by atoms with Crippen molar-refractivity contribution in [2.75, 3.05) is 16.0 Å². The molecule has 37 heavy (non-hydrogen) atoms. The molecule has 0 spiro atoms. The van der Waals surface area contributed by atoms with Gasteiger partial charge in [0.15, 0.2) is 0 Å². The topological polar surface area (TPSA) is 161 Å². The third kappa shape index (κ3) is 6.02. The molecular weight excluding hydrogens is 507 g/mol. The predicted molar refractivity (Wildman–Crippen MR) is 137 cm³/mol. The second-order valence-corrected chi connectivity index (χ2v) is 8.18.